The topological polar surface area (TPSA) is 57.8 Å². The average Bonchev–Trinajstić information content (AvgIpc) is 2.75. The molecule has 0 unspecified atom stereocenters. The van der Waals surface area contributed by atoms with Crippen LogP contribution >= 0.6 is 0 Å². The third-order valence-electron chi connectivity index (χ3n) is 3.04. The van der Waals surface area contributed by atoms with E-state index >= 15 is 0 Å². The minimum absolute atomic E-state index is 0.192. The van der Waals surface area contributed by atoms with E-state index in [-0.39, 0.29) is 12.0 Å². The van der Waals surface area contributed by atoms with Crippen LogP contribution in [0.1, 0.15) is 22.6 Å². The molecule has 0 fully saturated rings. The van der Waals surface area contributed by atoms with Crippen molar-refractivity contribution in [2.24, 2.45) is 0 Å². The average molecular weight is 263 g/mol. The standard InChI is InChI=1S/C13H11F2N3O/c14-8-1-7(2-9(15)4-8)3-12-17-11-6-16-5-10(11)13(19)18-12/h1-2,4,16H,3,5-6H2,(H,17,18,19). The molecular formula is C13H11F2N3O. The lowest BCUT2D eigenvalue weighted by Gasteiger charge is -2.04. The van der Waals surface area contributed by atoms with Crippen LogP contribution in [0.25, 0.3) is 0 Å². The lowest BCUT2D eigenvalue weighted by atomic mass is 10.1. The molecule has 1 aromatic heterocycles. The number of aromatic amines is 1. The number of fused-ring (bicyclic) bond motifs is 1. The van der Waals surface area contributed by atoms with Gasteiger partial charge in [0.2, 0.25) is 0 Å². The minimum atomic E-state index is -0.639. The molecule has 0 atom stereocenters. The first-order valence-electron chi connectivity index (χ1n) is 5.88. The van der Waals surface area contributed by atoms with Gasteiger partial charge >= 0.3 is 0 Å². The van der Waals surface area contributed by atoms with E-state index in [2.05, 4.69) is 15.3 Å². The fourth-order valence-electron chi connectivity index (χ4n) is 2.22. The maximum Gasteiger partial charge on any atom is 0.255 e. The fraction of sp³-hybridized carbons (Fsp3) is 0.231. The van der Waals surface area contributed by atoms with Crippen LogP contribution in [0.15, 0.2) is 23.0 Å². The van der Waals surface area contributed by atoms with Crippen LogP contribution in [-0.2, 0) is 19.5 Å². The molecule has 0 spiro atoms. The third-order valence-corrected chi connectivity index (χ3v) is 3.04. The second-order valence-corrected chi connectivity index (χ2v) is 4.50. The highest BCUT2D eigenvalue weighted by molar-refractivity contribution is 5.25. The molecule has 2 N–H and O–H groups in total. The summed E-state index contributed by atoms with van der Waals surface area (Å²) in [6, 6.07) is 3.27. The van der Waals surface area contributed by atoms with Gasteiger partial charge in [-0.25, -0.2) is 13.8 Å². The first-order valence-corrected chi connectivity index (χ1v) is 5.88. The molecule has 1 aromatic carbocycles. The van der Waals surface area contributed by atoms with Gasteiger partial charge in [-0.05, 0) is 17.7 Å². The van der Waals surface area contributed by atoms with Crippen LogP contribution in [0.4, 0.5) is 8.78 Å². The first kappa shape index (κ1) is 12.0. The molecule has 0 amide bonds. The number of nitrogens with one attached hydrogen (secondary N) is 2. The molecule has 4 nitrogen and oxygen atoms in total. The van der Waals surface area contributed by atoms with Gasteiger partial charge in [0.15, 0.2) is 0 Å². The summed E-state index contributed by atoms with van der Waals surface area (Å²) in [7, 11) is 0. The summed E-state index contributed by atoms with van der Waals surface area (Å²) in [5, 5.41) is 3.04. The van der Waals surface area contributed by atoms with E-state index in [9.17, 15) is 13.6 Å². The second kappa shape index (κ2) is 4.55. The molecule has 1 aliphatic heterocycles. The minimum Gasteiger partial charge on any atom is -0.310 e. The van der Waals surface area contributed by atoms with E-state index in [1.165, 1.54) is 12.1 Å². The van der Waals surface area contributed by atoms with E-state index in [0.29, 0.717) is 35.7 Å². The fourth-order valence-corrected chi connectivity index (χ4v) is 2.22. The van der Waals surface area contributed by atoms with Crippen molar-refractivity contribution in [1.29, 1.82) is 0 Å². The molecule has 0 saturated carbocycles. The Balaban J connectivity index is 1.95. The summed E-state index contributed by atoms with van der Waals surface area (Å²) in [5.74, 6) is -0.863. The van der Waals surface area contributed by atoms with Gasteiger partial charge in [0.1, 0.15) is 17.5 Å². The number of rotatable bonds is 2. The van der Waals surface area contributed by atoms with Crippen molar-refractivity contribution in [1.82, 2.24) is 15.3 Å². The van der Waals surface area contributed by atoms with Gasteiger partial charge in [-0.3, -0.25) is 4.79 Å². The number of nitrogens with zero attached hydrogens (tertiary/aromatic N) is 1. The van der Waals surface area contributed by atoms with Gasteiger partial charge in [-0.1, -0.05) is 0 Å². The van der Waals surface area contributed by atoms with Crippen molar-refractivity contribution < 1.29 is 8.78 Å². The smallest absolute Gasteiger partial charge is 0.255 e. The molecule has 0 saturated heterocycles. The maximum absolute atomic E-state index is 13.1. The van der Waals surface area contributed by atoms with Gasteiger partial charge < -0.3 is 10.3 Å². The first-order chi connectivity index (χ1) is 9.11. The summed E-state index contributed by atoms with van der Waals surface area (Å²) in [5.41, 5.74) is 1.58. The van der Waals surface area contributed by atoms with Gasteiger partial charge in [0, 0.05) is 25.6 Å². The quantitative estimate of drug-likeness (QED) is 0.857. The van der Waals surface area contributed by atoms with Gasteiger partial charge in [-0.2, -0.15) is 0 Å². The maximum atomic E-state index is 13.1. The number of aromatic nitrogens is 2. The largest absolute Gasteiger partial charge is 0.310 e. The van der Waals surface area contributed by atoms with E-state index < -0.39 is 11.6 Å². The lowest BCUT2D eigenvalue weighted by molar-refractivity contribution is 0.580. The van der Waals surface area contributed by atoms with Crippen molar-refractivity contribution in [2.45, 2.75) is 19.5 Å². The van der Waals surface area contributed by atoms with Gasteiger partial charge in [0.05, 0.1) is 11.3 Å². The highest BCUT2D eigenvalue weighted by Gasteiger charge is 2.16. The van der Waals surface area contributed by atoms with Gasteiger partial charge in [0.25, 0.3) is 5.56 Å². The SMILES string of the molecule is O=c1[nH]c(Cc2cc(F)cc(F)c2)nc2c1CNC2. The zero-order chi connectivity index (χ0) is 13.4. The number of halogens is 2. The summed E-state index contributed by atoms with van der Waals surface area (Å²) < 4.78 is 26.2. The number of H-pyrrole nitrogens is 1. The number of hydrogen-bond acceptors (Lipinski definition) is 3. The summed E-state index contributed by atoms with van der Waals surface area (Å²) in [6.07, 6.45) is 0.192. The van der Waals surface area contributed by atoms with Crippen LogP contribution in [0.2, 0.25) is 0 Å². The Labute approximate surface area is 107 Å². The highest BCUT2D eigenvalue weighted by Crippen LogP contribution is 2.13. The molecule has 3 rings (SSSR count). The Morgan fingerprint density at radius 2 is 1.89 bits per heavy atom. The molecular weight excluding hydrogens is 252 g/mol. The molecule has 1 aliphatic rings. The van der Waals surface area contributed by atoms with Crippen molar-refractivity contribution >= 4 is 0 Å². The summed E-state index contributed by atoms with van der Waals surface area (Å²) in [6.45, 7) is 1.05. The Hall–Kier alpha value is -2.08. The van der Waals surface area contributed by atoms with Crippen LogP contribution in [-0.4, -0.2) is 9.97 Å². The van der Waals surface area contributed by atoms with E-state index in [0.717, 1.165) is 6.07 Å². The van der Waals surface area contributed by atoms with Crippen LogP contribution in [0, 0.1) is 11.6 Å². The molecule has 0 aliphatic carbocycles. The number of hydrogen-bond donors (Lipinski definition) is 2. The highest BCUT2D eigenvalue weighted by atomic mass is 19.1. The molecule has 2 heterocycles. The molecule has 0 radical (unpaired) electrons. The molecule has 19 heavy (non-hydrogen) atoms. The monoisotopic (exact) mass is 263 g/mol. The normalized spacial score (nSPS) is 13.6. The van der Waals surface area contributed by atoms with Crippen molar-refractivity contribution in [3.05, 3.63) is 62.8 Å². The van der Waals surface area contributed by atoms with Crippen LogP contribution in [0.5, 0.6) is 0 Å². The van der Waals surface area contributed by atoms with E-state index in [4.69, 9.17) is 0 Å². The zero-order valence-electron chi connectivity index (χ0n) is 9.96. The predicted octanol–water partition coefficient (Wildman–Crippen LogP) is 1.24. The Kier molecular flexibility index (Phi) is 2.87. The van der Waals surface area contributed by atoms with Gasteiger partial charge in [-0.15, -0.1) is 0 Å². The predicted molar refractivity (Wildman–Crippen MR) is 64.6 cm³/mol. The Morgan fingerprint density at radius 1 is 1.16 bits per heavy atom. The number of benzene rings is 1. The van der Waals surface area contributed by atoms with Crippen LogP contribution < -0.4 is 10.9 Å². The zero-order valence-corrected chi connectivity index (χ0v) is 9.96. The van der Waals surface area contributed by atoms with Crippen molar-refractivity contribution in [3.8, 4) is 0 Å². The Morgan fingerprint density at radius 3 is 2.63 bits per heavy atom. The van der Waals surface area contributed by atoms with Crippen molar-refractivity contribution in [3.63, 3.8) is 0 Å². The van der Waals surface area contributed by atoms with Crippen molar-refractivity contribution in [2.75, 3.05) is 0 Å². The third kappa shape index (κ3) is 2.39. The molecule has 6 heteroatoms. The summed E-state index contributed by atoms with van der Waals surface area (Å²) >= 11 is 0. The van der Waals surface area contributed by atoms with Crippen LogP contribution in [0.3, 0.4) is 0 Å². The lowest BCUT2D eigenvalue weighted by Crippen LogP contribution is -2.17. The molecule has 98 valence electrons. The van der Waals surface area contributed by atoms with E-state index in [1.54, 1.807) is 0 Å². The molecule has 0 bridgehead atoms. The van der Waals surface area contributed by atoms with E-state index in [1.807, 2.05) is 0 Å². The molecule has 2 aromatic rings. The Bertz CT molecular complexity index is 677. The summed E-state index contributed by atoms with van der Waals surface area (Å²) in [4.78, 5) is 18.7. The second-order valence-electron chi connectivity index (χ2n) is 4.50.